The molecule has 0 radical (unpaired) electrons. The number of aromatic nitrogens is 2. The van der Waals surface area contributed by atoms with Crippen LogP contribution in [0.3, 0.4) is 0 Å². The van der Waals surface area contributed by atoms with Crippen molar-refractivity contribution in [1.29, 1.82) is 0 Å². The van der Waals surface area contributed by atoms with Crippen molar-refractivity contribution in [3.8, 4) is 11.4 Å². The Morgan fingerprint density at radius 1 is 1.25 bits per heavy atom. The second kappa shape index (κ2) is 4.49. The summed E-state index contributed by atoms with van der Waals surface area (Å²) in [6.45, 7) is 2.74. The third kappa shape index (κ3) is 1.99. The van der Waals surface area contributed by atoms with Crippen LogP contribution in [0.25, 0.3) is 11.4 Å². The highest BCUT2D eigenvalue weighted by atomic mass is 15.1. The van der Waals surface area contributed by atoms with Crippen molar-refractivity contribution in [3.05, 3.63) is 41.7 Å². The highest BCUT2D eigenvalue weighted by Crippen LogP contribution is 2.19. The molecule has 0 saturated heterocycles. The van der Waals surface area contributed by atoms with E-state index in [1.807, 2.05) is 13.2 Å². The summed E-state index contributed by atoms with van der Waals surface area (Å²) in [5.41, 5.74) is 9.15. The van der Waals surface area contributed by atoms with E-state index in [2.05, 4.69) is 40.7 Å². The van der Waals surface area contributed by atoms with E-state index in [9.17, 15) is 0 Å². The summed E-state index contributed by atoms with van der Waals surface area (Å²) in [4.78, 5) is 4.44. The summed E-state index contributed by atoms with van der Waals surface area (Å²) in [6.07, 6.45) is 2.78. The van der Waals surface area contributed by atoms with Crippen LogP contribution in [0.1, 0.15) is 11.3 Å². The highest BCUT2D eigenvalue weighted by molar-refractivity contribution is 5.56. The Hall–Kier alpha value is -1.61. The first-order chi connectivity index (χ1) is 7.72. The average molecular weight is 215 g/mol. The molecule has 1 aromatic carbocycles. The Kier molecular flexibility index (Phi) is 3.06. The van der Waals surface area contributed by atoms with Gasteiger partial charge < -0.3 is 10.3 Å². The zero-order chi connectivity index (χ0) is 11.5. The van der Waals surface area contributed by atoms with Crippen molar-refractivity contribution >= 4 is 0 Å². The predicted octanol–water partition coefficient (Wildman–Crippen LogP) is 1.90. The molecule has 1 heterocycles. The van der Waals surface area contributed by atoms with E-state index in [0.29, 0.717) is 6.54 Å². The molecule has 3 heteroatoms. The minimum Gasteiger partial charge on any atom is -0.331 e. The summed E-state index contributed by atoms with van der Waals surface area (Å²) in [5, 5.41) is 0. The lowest BCUT2D eigenvalue weighted by Gasteiger charge is -2.05. The van der Waals surface area contributed by atoms with Gasteiger partial charge in [0.1, 0.15) is 5.82 Å². The van der Waals surface area contributed by atoms with Crippen LogP contribution in [0.15, 0.2) is 30.5 Å². The summed E-state index contributed by atoms with van der Waals surface area (Å²) in [7, 11) is 2.03. The average Bonchev–Trinajstić information content (AvgIpc) is 2.63. The van der Waals surface area contributed by atoms with Gasteiger partial charge in [0, 0.05) is 30.9 Å². The number of hydrogen-bond donors (Lipinski definition) is 1. The Morgan fingerprint density at radius 3 is 2.56 bits per heavy atom. The molecule has 0 spiro atoms. The molecule has 3 nitrogen and oxygen atoms in total. The zero-order valence-corrected chi connectivity index (χ0v) is 9.77. The standard InChI is InChI=1S/C13H17N3/c1-10-3-5-11(6-4-10)13-15-9-12(7-8-14)16(13)2/h3-6,9H,7-8,14H2,1-2H3. The Morgan fingerprint density at radius 2 is 1.94 bits per heavy atom. The van der Waals surface area contributed by atoms with Gasteiger partial charge >= 0.3 is 0 Å². The first-order valence-electron chi connectivity index (χ1n) is 5.50. The maximum absolute atomic E-state index is 5.56. The van der Waals surface area contributed by atoms with Crippen LogP contribution in [0.5, 0.6) is 0 Å². The topological polar surface area (TPSA) is 43.8 Å². The van der Waals surface area contributed by atoms with Gasteiger partial charge in [-0.1, -0.05) is 29.8 Å². The number of benzene rings is 1. The lowest BCUT2D eigenvalue weighted by Crippen LogP contribution is -2.07. The second-order valence-electron chi connectivity index (χ2n) is 4.04. The normalized spacial score (nSPS) is 10.7. The van der Waals surface area contributed by atoms with Gasteiger partial charge in [0.2, 0.25) is 0 Å². The maximum atomic E-state index is 5.56. The van der Waals surface area contributed by atoms with E-state index in [-0.39, 0.29) is 0 Å². The van der Waals surface area contributed by atoms with E-state index in [0.717, 1.165) is 17.8 Å². The van der Waals surface area contributed by atoms with Crippen molar-refractivity contribution < 1.29 is 0 Å². The fourth-order valence-corrected chi connectivity index (χ4v) is 1.80. The molecule has 2 rings (SSSR count). The molecule has 2 aromatic rings. The quantitative estimate of drug-likeness (QED) is 0.849. The van der Waals surface area contributed by atoms with Gasteiger partial charge in [-0.25, -0.2) is 4.98 Å². The smallest absolute Gasteiger partial charge is 0.139 e. The number of imidazole rings is 1. The van der Waals surface area contributed by atoms with Crippen LogP contribution in [0.4, 0.5) is 0 Å². The lowest BCUT2D eigenvalue weighted by atomic mass is 10.1. The molecule has 84 valence electrons. The van der Waals surface area contributed by atoms with Gasteiger partial charge in [0.05, 0.1) is 0 Å². The molecule has 2 N–H and O–H groups in total. The Balaban J connectivity index is 2.37. The fraction of sp³-hybridized carbons (Fsp3) is 0.308. The third-order valence-electron chi connectivity index (χ3n) is 2.79. The molecule has 0 amide bonds. The summed E-state index contributed by atoms with van der Waals surface area (Å²) >= 11 is 0. The Labute approximate surface area is 95.9 Å². The van der Waals surface area contributed by atoms with Crippen LogP contribution < -0.4 is 5.73 Å². The van der Waals surface area contributed by atoms with Crippen LogP contribution in [-0.4, -0.2) is 16.1 Å². The summed E-state index contributed by atoms with van der Waals surface area (Å²) < 4.78 is 2.11. The second-order valence-corrected chi connectivity index (χ2v) is 4.04. The molecule has 16 heavy (non-hydrogen) atoms. The van der Waals surface area contributed by atoms with Crippen LogP contribution in [0.2, 0.25) is 0 Å². The first-order valence-corrected chi connectivity index (χ1v) is 5.50. The minimum absolute atomic E-state index is 0.660. The molecule has 0 bridgehead atoms. The van der Waals surface area contributed by atoms with Crippen molar-refractivity contribution in [3.63, 3.8) is 0 Å². The van der Waals surface area contributed by atoms with Gasteiger partial charge in [-0.2, -0.15) is 0 Å². The van der Waals surface area contributed by atoms with Crippen LogP contribution in [0, 0.1) is 6.92 Å². The van der Waals surface area contributed by atoms with Gasteiger partial charge in [0.15, 0.2) is 0 Å². The molecule has 0 aliphatic heterocycles. The minimum atomic E-state index is 0.660. The molecule has 0 aliphatic rings. The molecular formula is C13H17N3. The Bertz CT molecular complexity index is 468. The van der Waals surface area contributed by atoms with Crippen LogP contribution in [-0.2, 0) is 13.5 Å². The molecule has 0 aliphatic carbocycles. The van der Waals surface area contributed by atoms with E-state index < -0.39 is 0 Å². The van der Waals surface area contributed by atoms with Gasteiger partial charge in [-0.05, 0) is 13.5 Å². The lowest BCUT2D eigenvalue weighted by molar-refractivity contribution is 0.811. The molecule has 0 fully saturated rings. The maximum Gasteiger partial charge on any atom is 0.139 e. The van der Waals surface area contributed by atoms with Gasteiger partial charge in [0.25, 0.3) is 0 Å². The molecule has 0 saturated carbocycles. The molecule has 1 aromatic heterocycles. The zero-order valence-electron chi connectivity index (χ0n) is 9.77. The molecule has 0 atom stereocenters. The molecular weight excluding hydrogens is 198 g/mol. The number of nitrogens with zero attached hydrogens (tertiary/aromatic N) is 2. The van der Waals surface area contributed by atoms with Crippen molar-refractivity contribution in [1.82, 2.24) is 9.55 Å². The van der Waals surface area contributed by atoms with Crippen LogP contribution >= 0.6 is 0 Å². The van der Waals surface area contributed by atoms with E-state index in [1.54, 1.807) is 0 Å². The van der Waals surface area contributed by atoms with Crippen molar-refractivity contribution in [2.75, 3.05) is 6.54 Å². The highest BCUT2D eigenvalue weighted by Gasteiger charge is 2.07. The predicted molar refractivity (Wildman–Crippen MR) is 66.1 cm³/mol. The van der Waals surface area contributed by atoms with Crippen molar-refractivity contribution in [2.24, 2.45) is 12.8 Å². The number of rotatable bonds is 3. The van der Waals surface area contributed by atoms with Crippen molar-refractivity contribution in [2.45, 2.75) is 13.3 Å². The van der Waals surface area contributed by atoms with E-state index >= 15 is 0 Å². The number of aryl methyl sites for hydroxylation is 1. The van der Waals surface area contributed by atoms with Gasteiger partial charge in [-0.15, -0.1) is 0 Å². The monoisotopic (exact) mass is 215 g/mol. The number of nitrogens with two attached hydrogens (primary N) is 1. The first kappa shape index (κ1) is 10.9. The van der Waals surface area contributed by atoms with Gasteiger partial charge in [-0.3, -0.25) is 0 Å². The molecule has 0 unspecified atom stereocenters. The summed E-state index contributed by atoms with van der Waals surface area (Å²) in [5.74, 6) is 1.00. The summed E-state index contributed by atoms with van der Waals surface area (Å²) in [6, 6.07) is 8.41. The van der Waals surface area contributed by atoms with E-state index in [1.165, 1.54) is 11.3 Å². The fourth-order valence-electron chi connectivity index (χ4n) is 1.80. The third-order valence-corrected chi connectivity index (χ3v) is 2.79. The largest absolute Gasteiger partial charge is 0.331 e. The van der Waals surface area contributed by atoms with E-state index in [4.69, 9.17) is 5.73 Å². The SMILES string of the molecule is Cc1ccc(-c2ncc(CCN)n2C)cc1. The number of hydrogen-bond acceptors (Lipinski definition) is 2.